The summed E-state index contributed by atoms with van der Waals surface area (Å²) in [6.45, 7) is 3.07. The molecule has 3 nitrogen and oxygen atoms in total. The average Bonchev–Trinajstić information content (AvgIpc) is 3.02. The van der Waals surface area contributed by atoms with Gasteiger partial charge in [0, 0.05) is 12.0 Å². The van der Waals surface area contributed by atoms with Crippen molar-refractivity contribution in [3.63, 3.8) is 0 Å². The third-order valence-electron chi connectivity index (χ3n) is 3.31. The van der Waals surface area contributed by atoms with Gasteiger partial charge in [-0.2, -0.15) is 0 Å². The zero-order chi connectivity index (χ0) is 13.3. The number of furan rings is 1. The fourth-order valence-electron chi connectivity index (χ4n) is 2.20. The molecule has 2 heterocycles. The minimum atomic E-state index is -0.704. The maximum Gasteiger partial charge on any atom is 0.195 e. The molecule has 3 rings (SSSR count). The van der Waals surface area contributed by atoms with Gasteiger partial charge in [0.05, 0.1) is 19.5 Å². The third kappa shape index (κ3) is 2.55. The summed E-state index contributed by atoms with van der Waals surface area (Å²) in [5.41, 5.74) is 1.88. The van der Waals surface area contributed by atoms with E-state index in [1.807, 2.05) is 13.0 Å². The zero-order valence-corrected chi connectivity index (χ0v) is 10.7. The predicted molar refractivity (Wildman–Crippen MR) is 67.2 cm³/mol. The van der Waals surface area contributed by atoms with Crippen molar-refractivity contribution in [3.05, 3.63) is 59.3 Å². The van der Waals surface area contributed by atoms with Crippen molar-refractivity contribution in [2.45, 2.75) is 19.1 Å². The summed E-state index contributed by atoms with van der Waals surface area (Å²) in [7, 11) is 0. The highest BCUT2D eigenvalue weighted by Crippen LogP contribution is 2.32. The molecule has 100 valence electrons. The highest BCUT2D eigenvalue weighted by Gasteiger charge is 2.34. The lowest BCUT2D eigenvalue weighted by Crippen LogP contribution is -2.21. The molecule has 0 radical (unpaired) electrons. The van der Waals surface area contributed by atoms with Crippen LogP contribution < -0.4 is 0 Å². The normalized spacial score (nSPS) is 17.8. The van der Waals surface area contributed by atoms with Crippen LogP contribution >= 0.6 is 0 Å². The van der Waals surface area contributed by atoms with Gasteiger partial charge >= 0.3 is 0 Å². The van der Waals surface area contributed by atoms with Crippen molar-refractivity contribution in [1.29, 1.82) is 0 Å². The van der Waals surface area contributed by atoms with Gasteiger partial charge in [0.1, 0.15) is 11.6 Å². The minimum Gasteiger partial charge on any atom is -0.468 e. The fraction of sp³-hybridized carbons (Fsp3) is 0.333. The molecule has 0 bridgehead atoms. The number of benzene rings is 1. The van der Waals surface area contributed by atoms with Crippen molar-refractivity contribution in [2.24, 2.45) is 0 Å². The standard InChI is InChI=1S/C15H15FO3/c1-15(18-6-7-19-15)12-9-14(17-10-12)8-11-2-4-13(16)5-3-11/h2-5,9-10H,6-8H2,1H3. The van der Waals surface area contributed by atoms with Gasteiger partial charge in [-0.1, -0.05) is 12.1 Å². The Balaban J connectivity index is 1.76. The second kappa shape index (κ2) is 4.79. The molecule has 2 aromatic rings. The molecule has 1 aromatic heterocycles. The summed E-state index contributed by atoms with van der Waals surface area (Å²) in [5.74, 6) is -0.129. The second-order valence-corrected chi connectivity index (χ2v) is 4.75. The van der Waals surface area contributed by atoms with E-state index in [1.165, 1.54) is 12.1 Å². The average molecular weight is 262 g/mol. The molecule has 1 aromatic carbocycles. The maximum absolute atomic E-state index is 12.8. The molecule has 0 spiro atoms. The minimum absolute atomic E-state index is 0.232. The molecular weight excluding hydrogens is 247 g/mol. The number of hydrogen-bond acceptors (Lipinski definition) is 3. The van der Waals surface area contributed by atoms with E-state index in [4.69, 9.17) is 13.9 Å². The van der Waals surface area contributed by atoms with Crippen LogP contribution in [0.25, 0.3) is 0 Å². The number of ether oxygens (including phenoxy) is 2. The zero-order valence-electron chi connectivity index (χ0n) is 10.7. The molecule has 4 heteroatoms. The van der Waals surface area contributed by atoms with Gasteiger partial charge in [-0.3, -0.25) is 0 Å². The van der Waals surface area contributed by atoms with Crippen LogP contribution in [0, 0.1) is 5.82 Å². The van der Waals surface area contributed by atoms with Gasteiger partial charge < -0.3 is 13.9 Å². The summed E-state index contributed by atoms with van der Waals surface area (Å²) in [5, 5.41) is 0. The van der Waals surface area contributed by atoms with Crippen LogP contribution in [0.2, 0.25) is 0 Å². The Labute approximate surface area is 110 Å². The quantitative estimate of drug-likeness (QED) is 0.851. The lowest BCUT2D eigenvalue weighted by atomic mass is 10.1. The molecule has 0 aliphatic carbocycles. The van der Waals surface area contributed by atoms with Gasteiger partial charge in [-0.05, 0) is 30.7 Å². The van der Waals surface area contributed by atoms with E-state index in [1.54, 1.807) is 18.4 Å². The number of halogens is 1. The van der Waals surface area contributed by atoms with Crippen LogP contribution in [-0.2, 0) is 21.7 Å². The summed E-state index contributed by atoms with van der Waals surface area (Å²) in [6, 6.07) is 8.33. The highest BCUT2D eigenvalue weighted by molar-refractivity contribution is 5.25. The smallest absolute Gasteiger partial charge is 0.195 e. The topological polar surface area (TPSA) is 31.6 Å². The monoisotopic (exact) mass is 262 g/mol. The largest absolute Gasteiger partial charge is 0.468 e. The molecule has 0 unspecified atom stereocenters. The molecule has 1 saturated heterocycles. The lowest BCUT2D eigenvalue weighted by Gasteiger charge is -2.19. The van der Waals surface area contributed by atoms with Crippen LogP contribution in [0.1, 0.15) is 23.8 Å². The van der Waals surface area contributed by atoms with Crippen molar-refractivity contribution < 1.29 is 18.3 Å². The van der Waals surface area contributed by atoms with E-state index >= 15 is 0 Å². The summed E-state index contributed by atoms with van der Waals surface area (Å²) in [4.78, 5) is 0. The fourth-order valence-corrected chi connectivity index (χ4v) is 2.20. The summed E-state index contributed by atoms with van der Waals surface area (Å²) >= 11 is 0. The van der Waals surface area contributed by atoms with E-state index in [-0.39, 0.29) is 5.82 Å². The Morgan fingerprint density at radius 3 is 2.53 bits per heavy atom. The Kier molecular flexibility index (Phi) is 3.12. The second-order valence-electron chi connectivity index (χ2n) is 4.75. The van der Waals surface area contributed by atoms with Gasteiger partial charge in [0.25, 0.3) is 0 Å². The van der Waals surface area contributed by atoms with Crippen LogP contribution in [0.15, 0.2) is 41.0 Å². The molecule has 0 amide bonds. The predicted octanol–water partition coefficient (Wildman–Crippen LogP) is 3.23. The molecule has 0 atom stereocenters. The Hall–Kier alpha value is -1.65. The van der Waals surface area contributed by atoms with E-state index < -0.39 is 5.79 Å². The van der Waals surface area contributed by atoms with Crippen molar-refractivity contribution in [2.75, 3.05) is 13.2 Å². The summed E-state index contributed by atoms with van der Waals surface area (Å²) in [6.07, 6.45) is 2.28. The molecule has 0 N–H and O–H groups in total. The molecule has 1 aliphatic rings. The molecule has 1 fully saturated rings. The summed E-state index contributed by atoms with van der Waals surface area (Å²) < 4.78 is 29.5. The van der Waals surface area contributed by atoms with E-state index in [0.717, 1.165) is 16.9 Å². The number of hydrogen-bond donors (Lipinski definition) is 0. The van der Waals surface area contributed by atoms with Gasteiger partial charge in [0.2, 0.25) is 0 Å². The van der Waals surface area contributed by atoms with Crippen LogP contribution in [0.4, 0.5) is 4.39 Å². The first kappa shape index (κ1) is 12.4. The van der Waals surface area contributed by atoms with Crippen LogP contribution in [0.3, 0.4) is 0 Å². The van der Waals surface area contributed by atoms with E-state index in [0.29, 0.717) is 19.6 Å². The Morgan fingerprint density at radius 1 is 1.16 bits per heavy atom. The van der Waals surface area contributed by atoms with Crippen LogP contribution in [-0.4, -0.2) is 13.2 Å². The van der Waals surface area contributed by atoms with Gasteiger partial charge in [-0.25, -0.2) is 4.39 Å². The van der Waals surface area contributed by atoms with E-state index in [2.05, 4.69) is 0 Å². The Morgan fingerprint density at radius 2 is 1.84 bits per heavy atom. The first-order valence-corrected chi connectivity index (χ1v) is 6.26. The molecular formula is C15H15FO3. The third-order valence-corrected chi connectivity index (χ3v) is 3.31. The Bertz CT molecular complexity index is 553. The first-order valence-electron chi connectivity index (χ1n) is 6.26. The molecule has 0 saturated carbocycles. The van der Waals surface area contributed by atoms with Crippen molar-refractivity contribution in [1.82, 2.24) is 0 Å². The first-order chi connectivity index (χ1) is 9.16. The van der Waals surface area contributed by atoms with Crippen molar-refractivity contribution in [3.8, 4) is 0 Å². The molecule has 19 heavy (non-hydrogen) atoms. The maximum atomic E-state index is 12.8. The van der Waals surface area contributed by atoms with Crippen molar-refractivity contribution >= 4 is 0 Å². The molecule has 1 aliphatic heterocycles. The van der Waals surface area contributed by atoms with E-state index in [9.17, 15) is 4.39 Å². The van der Waals surface area contributed by atoms with Crippen LogP contribution in [0.5, 0.6) is 0 Å². The SMILES string of the molecule is CC1(c2coc(Cc3ccc(F)cc3)c2)OCCO1. The highest BCUT2D eigenvalue weighted by atomic mass is 19.1. The lowest BCUT2D eigenvalue weighted by molar-refractivity contribution is -0.150. The number of rotatable bonds is 3. The van der Waals surface area contributed by atoms with Gasteiger partial charge in [-0.15, -0.1) is 0 Å². The van der Waals surface area contributed by atoms with Gasteiger partial charge in [0.15, 0.2) is 5.79 Å².